The summed E-state index contributed by atoms with van der Waals surface area (Å²) in [6.45, 7) is 2.06. The zero-order valence-electron chi connectivity index (χ0n) is 18.8. The molecule has 34 heavy (non-hydrogen) atoms. The number of hydrogen-bond donors (Lipinski definition) is 3. The fraction of sp³-hybridized carbons (Fsp3) is 0.222. The summed E-state index contributed by atoms with van der Waals surface area (Å²) in [5.74, 6) is -1.58. The monoisotopic (exact) mass is 458 g/mol. The van der Waals surface area contributed by atoms with Gasteiger partial charge in [-0.3, -0.25) is 10.1 Å². The number of rotatable bonds is 8. The first-order valence-corrected chi connectivity index (χ1v) is 11.2. The first-order chi connectivity index (χ1) is 16.5. The first kappa shape index (κ1) is 23.0. The van der Waals surface area contributed by atoms with Crippen molar-refractivity contribution in [3.05, 3.63) is 89.5 Å². The van der Waals surface area contributed by atoms with Gasteiger partial charge < -0.3 is 15.2 Å². The number of carboxylic acids is 1. The Kier molecular flexibility index (Phi) is 6.92. The largest absolute Gasteiger partial charge is 0.480 e. The molecular weight excluding hydrogens is 432 g/mol. The summed E-state index contributed by atoms with van der Waals surface area (Å²) in [7, 11) is 0. The lowest BCUT2D eigenvalue weighted by Gasteiger charge is -2.15. The van der Waals surface area contributed by atoms with Crippen LogP contribution in [0.4, 0.5) is 10.5 Å². The number of carboxylic acid groups (broad SMARTS) is 1. The number of anilines is 1. The van der Waals surface area contributed by atoms with Crippen molar-refractivity contribution in [3.63, 3.8) is 0 Å². The van der Waals surface area contributed by atoms with Gasteiger partial charge in [0.1, 0.15) is 12.6 Å². The minimum Gasteiger partial charge on any atom is -0.480 e. The number of carbonyl (C=O) groups is 3. The van der Waals surface area contributed by atoms with E-state index in [4.69, 9.17) is 4.74 Å². The molecule has 0 aromatic heterocycles. The second-order valence-electron chi connectivity index (χ2n) is 8.18. The number of nitrogens with one attached hydrogen (secondary N) is 2. The van der Waals surface area contributed by atoms with Crippen molar-refractivity contribution < 1.29 is 24.2 Å². The second-order valence-corrected chi connectivity index (χ2v) is 8.18. The summed E-state index contributed by atoms with van der Waals surface area (Å²) in [6.07, 6.45) is 0.399. The van der Waals surface area contributed by atoms with Crippen molar-refractivity contribution in [1.29, 1.82) is 0 Å². The zero-order valence-corrected chi connectivity index (χ0v) is 18.8. The highest BCUT2D eigenvalue weighted by Gasteiger charge is 2.29. The van der Waals surface area contributed by atoms with Crippen molar-refractivity contribution in [2.45, 2.75) is 31.7 Å². The van der Waals surface area contributed by atoms with Gasteiger partial charge in [0.25, 0.3) is 5.91 Å². The summed E-state index contributed by atoms with van der Waals surface area (Å²) in [5.41, 5.74) is 5.36. The third-order valence-corrected chi connectivity index (χ3v) is 5.92. The molecule has 0 fully saturated rings. The molecule has 3 N–H and O–H groups in total. The van der Waals surface area contributed by atoms with Gasteiger partial charge in [-0.2, -0.15) is 0 Å². The van der Waals surface area contributed by atoms with E-state index in [9.17, 15) is 19.5 Å². The predicted octanol–water partition coefficient (Wildman–Crippen LogP) is 5.03. The van der Waals surface area contributed by atoms with Crippen LogP contribution in [-0.4, -0.2) is 35.7 Å². The number of benzene rings is 3. The van der Waals surface area contributed by atoms with E-state index in [1.807, 2.05) is 31.2 Å². The van der Waals surface area contributed by atoms with Crippen LogP contribution >= 0.6 is 0 Å². The molecule has 3 aromatic carbocycles. The fourth-order valence-corrected chi connectivity index (χ4v) is 4.24. The van der Waals surface area contributed by atoms with E-state index in [1.165, 1.54) is 12.1 Å². The van der Waals surface area contributed by atoms with Gasteiger partial charge in [-0.05, 0) is 52.9 Å². The molecule has 174 valence electrons. The van der Waals surface area contributed by atoms with Gasteiger partial charge in [0.15, 0.2) is 0 Å². The van der Waals surface area contributed by atoms with Crippen LogP contribution in [0.1, 0.15) is 47.2 Å². The van der Waals surface area contributed by atoms with Crippen molar-refractivity contribution in [3.8, 4) is 11.1 Å². The molecule has 0 heterocycles. The third-order valence-electron chi connectivity index (χ3n) is 5.92. The molecule has 0 saturated carbocycles. The number of aliphatic carboxylic acids is 1. The smallest absolute Gasteiger partial charge is 0.411 e. The van der Waals surface area contributed by atoms with Crippen LogP contribution in [0.15, 0.2) is 72.8 Å². The van der Waals surface area contributed by atoms with Crippen molar-refractivity contribution in [2.24, 2.45) is 0 Å². The SMILES string of the molecule is CCCC(NC(=O)c1ccc(NC(=O)OCC2c3ccccc3-c3ccccc32)cc1)C(=O)O. The summed E-state index contributed by atoms with van der Waals surface area (Å²) in [5, 5.41) is 14.4. The van der Waals surface area contributed by atoms with E-state index in [1.54, 1.807) is 12.1 Å². The van der Waals surface area contributed by atoms with E-state index in [0.29, 0.717) is 24.1 Å². The molecule has 0 radical (unpaired) electrons. The average molecular weight is 459 g/mol. The minimum absolute atomic E-state index is 0.0328. The van der Waals surface area contributed by atoms with Gasteiger partial charge in [-0.15, -0.1) is 0 Å². The van der Waals surface area contributed by atoms with Crippen molar-refractivity contribution in [2.75, 3.05) is 11.9 Å². The highest BCUT2D eigenvalue weighted by atomic mass is 16.5. The molecule has 7 heteroatoms. The molecule has 0 saturated heterocycles. The van der Waals surface area contributed by atoms with E-state index >= 15 is 0 Å². The summed E-state index contributed by atoms with van der Waals surface area (Å²) in [6, 6.07) is 21.5. The molecule has 3 aromatic rings. The van der Waals surface area contributed by atoms with E-state index in [2.05, 4.69) is 34.9 Å². The third kappa shape index (κ3) is 4.93. The van der Waals surface area contributed by atoms with Crippen LogP contribution in [-0.2, 0) is 9.53 Å². The quantitative estimate of drug-likeness (QED) is 0.439. The fourth-order valence-electron chi connectivity index (χ4n) is 4.24. The van der Waals surface area contributed by atoms with Crippen molar-refractivity contribution in [1.82, 2.24) is 5.32 Å². The molecule has 1 aliphatic rings. The topological polar surface area (TPSA) is 105 Å². The Morgan fingerprint density at radius 3 is 2.06 bits per heavy atom. The maximum atomic E-state index is 12.4. The van der Waals surface area contributed by atoms with Crippen LogP contribution in [0.2, 0.25) is 0 Å². The number of amides is 2. The maximum Gasteiger partial charge on any atom is 0.411 e. The van der Waals surface area contributed by atoms with Crippen LogP contribution in [0.25, 0.3) is 11.1 Å². The highest BCUT2D eigenvalue weighted by Crippen LogP contribution is 2.44. The van der Waals surface area contributed by atoms with E-state index in [0.717, 1.165) is 22.3 Å². The van der Waals surface area contributed by atoms with Crippen LogP contribution in [0.3, 0.4) is 0 Å². The van der Waals surface area contributed by atoms with Gasteiger partial charge in [-0.1, -0.05) is 61.9 Å². The van der Waals surface area contributed by atoms with E-state index in [-0.39, 0.29) is 12.5 Å². The normalized spacial score (nSPS) is 12.9. The maximum absolute atomic E-state index is 12.4. The number of ether oxygens (including phenoxy) is 1. The minimum atomic E-state index is -1.07. The summed E-state index contributed by atoms with van der Waals surface area (Å²) < 4.78 is 5.53. The second kappa shape index (κ2) is 10.2. The Balaban J connectivity index is 1.35. The van der Waals surface area contributed by atoms with E-state index < -0.39 is 24.0 Å². The standard InChI is InChI=1S/C27H26N2O5/c1-2-7-24(26(31)32)29-25(30)17-12-14-18(15-13-17)28-27(33)34-16-23-21-10-5-3-8-19(21)20-9-4-6-11-22(20)23/h3-6,8-15,23-24H,2,7,16H2,1H3,(H,28,33)(H,29,30)(H,31,32). The lowest BCUT2D eigenvalue weighted by atomic mass is 9.98. The van der Waals surface area contributed by atoms with Gasteiger partial charge in [0.05, 0.1) is 0 Å². The molecule has 0 spiro atoms. The molecular formula is C27H26N2O5. The molecule has 1 unspecified atom stereocenters. The molecule has 2 amide bonds. The molecule has 1 atom stereocenters. The van der Waals surface area contributed by atoms with Crippen LogP contribution < -0.4 is 10.6 Å². The average Bonchev–Trinajstić information content (AvgIpc) is 3.16. The Morgan fingerprint density at radius 1 is 0.912 bits per heavy atom. The Hall–Kier alpha value is -4.13. The molecule has 1 aliphatic carbocycles. The molecule has 4 rings (SSSR count). The lowest BCUT2D eigenvalue weighted by Crippen LogP contribution is -2.40. The molecule has 0 bridgehead atoms. The summed E-state index contributed by atoms with van der Waals surface area (Å²) >= 11 is 0. The molecule has 7 nitrogen and oxygen atoms in total. The van der Waals surface area contributed by atoms with Crippen molar-refractivity contribution >= 4 is 23.7 Å². The Labute approximate surface area is 197 Å². The lowest BCUT2D eigenvalue weighted by molar-refractivity contribution is -0.139. The van der Waals surface area contributed by atoms with Gasteiger partial charge >= 0.3 is 12.1 Å². The summed E-state index contributed by atoms with van der Waals surface area (Å²) in [4.78, 5) is 36.0. The Bertz CT molecular complexity index is 1160. The number of hydrogen-bond acceptors (Lipinski definition) is 4. The Morgan fingerprint density at radius 2 is 1.50 bits per heavy atom. The van der Waals surface area contributed by atoms with Gasteiger partial charge in [0.2, 0.25) is 0 Å². The highest BCUT2D eigenvalue weighted by molar-refractivity contribution is 5.97. The predicted molar refractivity (Wildman–Crippen MR) is 129 cm³/mol. The zero-order chi connectivity index (χ0) is 24.1. The number of fused-ring (bicyclic) bond motifs is 3. The van der Waals surface area contributed by atoms with Gasteiger partial charge in [0, 0.05) is 17.2 Å². The number of carbonyl (C=O) groups excluding carboxylic acids is 2. The van der Waals surface area contributed by atoms with Crippen LogP contribution in [0, 0.1) is 0 Å². The first-order valence-electron chi connectivity index (χ1n) is 11.2. The van der Waals surface area contributed by atoms with Gasteiger partial charge in [-0.25, -0.2) is 9.59 Å². The van der Waals surface area contributed by atoms with Crippen LogP contribution in [0.5, 0.6) is 0 Å². The molecule has 0 aliphatic heterocycles.